The van der Waals surface area contributed by atoms with Gasteiger partial charge in [0, 0.05) is 6.04 Å². The minimum absolute atomic E-state index is 0.404. The predicted octanol–water partition coefficient (Wildman–Crippen LogP) is 4.74. The number of hydrogen-bond acceptors (Lipinski definition) is 2. The summed E-state index contributed by atoms with van der Waals surface area (Å²) in [6.45, 7) is 14.7. The van der Waals surface area contributed by atoms with Gasteiger partial charge in [0.2, 0.25) is 0 Å². The van der Waals surface area contributed by atoms with Crippen molar-refractivity contribution in [3.05, 3.63) is 12.7 Å². The van der Waals surface area contributed by atoms with E-state index in [1.54, 1.807) is 6.08 Å². The molecule has 0 aromatic rings. The van der Waals surface area contributed by atoms with Gasteiger partial charge >= 0.3 is 0 Å². The molecule has 2 N–H and O–H groups in total. The van der Waals surface area contributed by atoms with Gasteiger partial charge in [-0.05, 0) is 30.3 Å². The number of hydrogen-bond donors (Lipinski definition) is 2. The molecule has 2 nitrogen and oxygen atoms in total. The first kappa shape index (κ1) is 19.7. The van der Waals surface area contributed by atoms with Gasteiger partial charge in [-0.2, -0.15) is 0 Å². The molecule has 0 amide bonds. The second kappa shape index (κ2) is 11.3. The Hall–Kier alpha value is -0.340. The third-order valence-corrected chi connectivity index (χ3v) is 4.65. The molecule has 0 saturated heterocycles. The lowest BCUT2D eigenvalue weighted by atomic mass is 9.79. The third-order valence-electron chi connectivity index (χ3n) is 4.65. The van der Waals surface area contributed by atoms with Crippen molar-refractivity contribution < 1.29 is 5.11 Å². The number of aliphatic hydroxyl groups excluding tert-OH is 1. The first-order valence-electron chi connectivity index (χ1n) is 8.61. The second-order valence-electron chi connectivity index (χ2n) is 6.27. The number of aliphatic hydroxyl groups is 1. The fourth-order valence-electron chi connectivity index (χ4n) is 3.07. The van der Waals surface area contributed by atoms with Gasteiger partial charge in [0.05, 0.1) is 0 Å². The van der Waals surface area contributed by atoms with E-state index in [0.29, 0.717) is 12.0 Å². The van der Waals surface area contributed by atoms with Crippen molar-refractivity contribution in [1.82, 2.24) is 5.32 Å². The molecule has 0 radical (unpaired) electrons. The molecule has 5 atom stereocenters. The van der Waals surface area contributed by atoms with Crippen molar-refractivity contribution in [2.24, 2.45) is 17.8 Å². The third kappa shape index (κ3) is 7.44. The summed E-state index contributed by atoms with van der Waals surface area (Å²) in [6.07, 6.45) is 8.92. The smallest absolute Gasteiger partial charge is 0.124 e. The van der Waals surface area contributed by atoms with Crippen LogP contribution in [0, 0.1) is 17.8 Å². The van der Waals surface area contributed by atoms with E-state index >= 15 is 0 Å². The van der Waals surface area contributed by atoms with Crippen LogP contribution >= 0.6 is 0 Å². The Balaban J connectivity index is 0.00000172. The number of nitrogens with one attached hydrogen (secondary N) is 1. The lowest BCUT2D eigenvalue weighted by Crippen LogP contribution is -2.44. The van der Waals surface area contributed by atoms with E-state index in [4.69, 9.17) is 0 Å². The van der Waals surface area contributed by atoms with Gasteiger partial charge in [-0.15, -0.1) is 0 Å². The van der Waals surface area contributed by atoms with Crippen molar-refractivity contribution in [2.45, 2.75) is 85.4 Å². The van der Waals surface area contributed by atoms with Crippen molar-refractivity contribution in [2.75, 3.05) is 0 Å². The highest BCUT2D eigenvalue weighted by atomic mass is 16.3. The average Bonchev–Trinajstić information content (AvgIpc) is 2.46. The van der Waals surface area contributed by atoms with E-state index in [2.05, 4.69) is 32.7 Å². The van der Waals surface area contributed by atoms with Gasteiger partial charge in [-0.3, -0.25) is 5.32 Å². The minimum atomic E-state index is -0.570. The molecule has 1 rings (SSSR count). The maximum absolute atomic E-state index is 9.76. The zero-order valence-electron chi connectivity index (χ0n) is 14.4. The van der Waals surface area contributed by atoms with Crippen LogP contribution in [0.2, 0.25) is 0 Å². The topological polar surface area (TPSA) is 32.3 Å². The first-order chi connectivity index (χ1) is 9.54. The molecule has 5 unspecified atom stereocenters. The van der Waals surface area contributed by atoms with Crippen LogP contribution in [0.1, 0.15) is 73.1 Å². The van der Waals surface area contributed by atoms with E-state index in [0.717, 1.165) is 18.3 Å². The van der Waals surface area contributed by atoms with E-state index in [1.165, 1.54) is 32.1 Å². The Bertz CT molecular complexity index is 242. The summed E-state index contributed by atoms with van der Waals surface area (Å²) in [7, 11) is 0. The van der Waals surface area contributed by atoms with Crippen LogP contribution in [-0.2, 0) is 0 Å². The highest BCUT2D eigenvalue weighted by Gasteiger charge is 2.26. The summed E-state index contributed by atoms with van der Waals surface area (Å²) in [5.74, 6) is 2.08. The molecule has 2 heteroatoms. The summed E-state index contributed by atoms with van der Waals surface area (Å²) in [4.78, 5) is 0. The lowest BCUT2D eigenvalue weighted by molar-refractivity contribution is 0.124. The molecule has 1 fully saturated rings. The van der Waals surface area contributed by atoms with Gasteiger partial charge in [-0.1, -0.05) is 73.3 Å². The van der Waals surface area contributed by atoms with E-state index in [1.807, 2.05) is 13.8 Å². The molecule has 1 aliphatic carbocycles. The van der Waals surface area contributed by atoms with Crippen molar-refractivity contribution in [1.29, 1.82) is 0 Å². The molecule has 0 bridgehead atoms. The molecular weight excluding hydrogens is 246 g/mol. The molecule has 0 heterocycles. The van der Waals surface area contributed by atoms with Crippen LogP contribution in [0.25, 0.3) is 0 Å². The van der Waals surface area contributed by atoms with Crippen LogP contribution < -0.4 is 5.32 Å². The zero-order chi connectivity index (χ0) is 15.5. The van der Waals surface area contributed by atoms with Gasteiger partial charge in [0.15, 0.2) is 0 Å². The molecule has 0 aliphatic heterocycles. The monoisotopic (exact) mass is 283 g/mol. The second-order valence-corrected chi connectivity index (χ2v) is 6.27. The maximum atomic E-state index is 9.76. The standard InChI is InChI=1S/C16H31NO.C2H6/c1-5-16(18)17-15-11-12(2)9-7-6-8-10-13(3)14(15)4;1-2/h5,12-18H,1,6-11H2,2-4H3;1-2H3. The van der Waals surface area contributed by atoms with Crippen LogP contribution in [0.3, 0.4) is 0 Å². The van der Waals surface area contributed by atoms with Gasteiger partial charge in [-0.25, -0.2) is 0 Å². The molecule has 0 aromatic heterocycles. The van der Waals surface area contributed by atoms with Crippen LogP contribution in [-0.4, -0.2) is 17.4 Å². The van der Waals surface area contributed by atoms with Crippen molar-refractivity contribution in [3.63, 3.8) is 0 Å². The molecule has 0 spiro atoms. The molecule has 1 saturated carbocycles. The van der Waals surface area contributed by atoms with Gasteiger partial charge in [0.1, 0.15) is 6.23 Å². The summed E-state index contributed by atoms with van der Waals surface area (Å²) in [5, 5.41) is 13.1. The SMILES string of the molecule is C=CC(O)NC1CC(C)CCCCCC(C)C1C.CC. The highest BCUT2D eigenvalue weighted by molar-refractivity contribution is 4.85. The zero-order valence-corrected chi connectivity index (χ0v) is 14.4. The molecule has 0 aromatic carbocycles. The van der Waals surface area contributed by atoms with Crippen molar-refractivity contribution in [3.8, 4) is 0 Å². The van der Waals surface area contributed by atoms with Crippen LogP contribution in [0.4, 0.5) is 0 Å². The van der Waals surface area contributed by atoms with E-state index in [-0.39, 0.29) is 0 Å². The maximum Gasteiger partial charge on any atom is 0.124 e. The van der Waals surface area contributed by atoms with Gasteiger partial charge < -0.3 is 5.11 Å². The Morgan fingerprint density at radius 1 is 1.10 bits per heavy atom. The van der Waals surface area contributed by atoms with Crippen LogP contribution in [0.15, 0.2) is 12.7 Å². The fourth-order valence-corrected chi connectivity index (χ4v) is 3.07. The Labute approximate surface area is 127 Å². The molecular formula is C18H37NO. The highest BCUT2D eigenvalue weighted by Crippen LogP contribution is 2.29. The fraction of sp³-hybridized carbons (Fsp3) is 0.889. The average molecular weight is 283 g/mol. The summed E-state index contributed by atoms with van der Waals surface area (Å²) in [5.41, 5.74) is 0. The Kier molecular flexibility index (Phi) is 11.1. The lowest BCUT2D eigenvalue weighted by Gasteiger charge is -2.34. The van der Waals surface area contributed by atoms with Gasteiger partial charge in [0.25, 0.3) is 0 Å². The summed E-state index contributed by atoms with van der Waals surface area (Å²) >= 11 is 0. The van der Waals surface area contributed by atoms with Crippen LogP contribution in [0.5, 0.6) is 0 Å². The number of rotatable bonds is 3. The summed E-state index contributed by atoms with van der Waals surface area (Å²) < 4.78 is 0. The Morgan fingerprint density at radius 2 is 1.70 bits per heavy atom. The Morgan fingerprint density at radius 3 is 2.30 bits per heavy atom. The molecule has 20 heavy (non-hydrogen) atoms. The normalized spacial score (nSPS) is 33.5. The largest absolute Gasteiger partial charge is 0.375 e. The summed E-state index contributed by atoms with van der Waals surface area (Å²) in [6, 6.07) is 0.404. The van der Waals surface area contributed by atoms with E-state index in [9.17, 15) is 5.11 Å². The predicted molar refractivity (Wildman–Crippen MR) is 89.7 cm³/mol. The van der Waals surface area contributed by atoms with Crippen molar-refractivity contribution >= 4 is 0 Å². The molecule has 120 valence electrons. The minimum Gasteiger partial charge on any atom is -0.375 e. The first-order valence-corrected chi connectivity index (χ1v) is 8.61. The van der Waals surface area contributed by atoms with E-state index < -0.39 is 6.23 Å². The quantitative estimate of drug-likeness (QED) is 0.579. The molecule has 1 aliphatic rings.